The Morgan fingerprint density at radius 2 is 1.95 bits per heavy atom. The number of benzene rings is 1. The molecule has 1 saturated carbocycles. The molecular weight excluding hydrogens is 264 g/mol. The summed E-state index contributed by atoms with van der Waals surface area (Å²) in [7, 11) is 0. The molecule has 0 spiro atoms. The molecule has 2 aromatic rings. The Labute approximate surface area is 124 Å². The molecule has 4 nitrogen and oxygen atoms in total. The second-order valence-corrected chi connectivity index (χ2v) is 5.96. The topological polar surface area (TPSA) is 56.0 Å². The maximum absolute atomic E-state index is 11.3. The number of aromatic nitrogens is 2. The van der Waals surface area contributed by atoms with Crippen molar-refractivity contribution < 1.29 is 9.32 Å². The number of rotatable bonds is 3. The Hall–Kier alpha value is -1.97. The fourth-order valence-corrected chi connectivity index (χ4v) is 2.79. The van der Waals surface area contributed by atoms with Crippen LogP contribution < -0.4 is 0 Å². The van der Waals surface area contributed by atoms with Crippen molar-refractivity contribution >= 4 is 5.78 Å². The van der Waals surface area contributed by atoms with Crippen LogP contribution in [0.15, 0.2) is 22.7 Å². The molecule has 0 atom stereocenters. The van der Waals surface area contributed by atoms with E-state index in [4.69, 9.17) is 4.52 Å². The molecule has 0 amide bonds. The number of ketones is 1. The van der Waals surface area contributed by atoms with E-state index in [2.05, 4.69) is 42.2 Å². The summed E-state index contributed by atoms with van der Waals surface area (Å²) in [6, 6.07) is 6.40. The molecule has 3 rings (SSSR count). The van der Waals surface area contributed by atoms with E-state index in [0.29, 0.717) is 30.9 Å². The van der Waals surface area contributed by atoms with Gasteiger partial charge in [0.25, 0.3) is 0 Å². The normalized spacial score (nSPS) is 16.4. The summed E-state index contributed by atoms with van der Waals surface area (Å²) < 4.78 is 5.39. The van der Waals surface area contributed by atoms with Crippen molar-refractivity contribution in [3.8, 4) is 0 Å². The van der Waals surface area contributed by atoms with Crippen LogP contribution in [0.5, 0.6) is 0 Å². The maximum Gasteiger partial charge on any atom is 0.229 e. The first-order valence-corrected chi connectivity index (χ1v) is 7.52. The Morgan fingerprint density at radius 3 is 2.67 bits per heavy atom. The van der Waals surface area contributed by atoms with Crippen molar-refractivity contribution in [2.24, 2.45) is 0 Å². The van der Waals surface area contributed by atoms with Crippen LogP contribution in [0.1, 0.15) is 60.0 Å². The highest BCUT2D eigenvalue weighted by Crippen LogP contribution is 2.30. The zero-order valence-corrected chi connectivity index (χ0v) is 12.6. The molecule has 0 N–H and O–H groups in total. The quantitative estimate of drug-likeness (QED) is 0.865. The predicted molar refractivity (Wildman–Crippen MR) is 79.2 cm³/mol. The van der Waals surface area contributed by atoms with Crippen molar-refractivity contribution in [2.75, 3.05) is 0 Å². The van der Waals surface area contributed by atoms with Gasteiger partial charge in [-0.15, -0.1) is 0 Å². The van der Waals surface area contributed by atoms with Crippen LogP contribution in [0.4, 0.5) is 0 Å². The minimum Gasteiger partial charge on any atom is -0.339 e. The number of nitrogens with zero attached hydrogens (tertiary/aromatic N) is 2. The van der Waals surface area contributed by atoms with Gasteiger partial charge < -0.3 is 4.52 Å². The minimum absolute atomic E-state index is 0.253. The average molecular weight is 284 g/mol. The van der Waals surface area contributed by atoms with Crippen LogP contribution in [0.3, 0.4) is 0 Å². The third-order valence-electron chi connectivity index (χ3n) is 4.31. The van der Waals surface area contributed by atoms with Gasteiger partial charge in [0.05, 0.1) is 0 Å². The standard InChI is InChI=1S/C17H20N2O2/c1-11-3-4-13(9-12(11)2)10-16-18-17(21-19-16)14-5-7-15(20)8-6-14/h3-4,9,14H,5-8,10H2,1-2H3. The van der Waals surface area contributed by atoms with Crippen LogP contribution in [0, 0.1) is 13.8 Å². The average Bonchev–Trinajstić information content (AvgIpc) is 2.92. The van der Waals surface area contributed by atoms with Crippen molar-refractivity contribution in [3.63, 3.8) is 0 Å². The third-order valence-corrected chi connectivity index (χ3v) is 4.31. The van der Waals surface area contributed by atoms with Gasteiger partial charge in [-0.25, -0.2) is 0 Å². The van der Waals surface area contributed by atoms with E-state index in [1.807, 2.05) is 0 Å². The van der Waals surface area contributed by atoms with E-state index in [9.17, 15) is 4.79 Å². The van der Waals surface area contributed by atoms with Gasteiger partial charge in [-0.05, 0) is 43.4 Å². The lowest BCUT2D eigenvalue weighted by atomic mass is 9.88. The van der Waals surface area contributed by atoms with Crippen LogP contribution in [-0.4, -0.2) is 15.9 Å². The molecule has 21 heavy (non-hydrogen) atoms. The van der Waals surface area contributed by atoms with E-state index in [1.54, 1.807) is 0 Å². The third kappa shape index (κ3) is 3.20. The van der Waals surface area contributed by atoms with Gasteiger partial charge in [0.2, 0.25) is 5.89 Å². The first kappa shape index (κ1) is 14.0. The second kappa shape index (κ2) is 5.80. The first-order chi connectivity index (χ1) is 10.1. The van der Waals surface area contributed by atoms with Crippen molar-refractivity contribution in [1.82, 2.24) is 10.1 Å². The molecule has 1 heterocycles. The van der Waals surface area contributed by atoms with Crippen molar-refractivity contribution in [2.45, 2.75) is 51.9 Å². The lowest BCUT2D eigenvalue weighted by Crippen LogP contribution is -2.12. The predicted octanol–water partition coefficient (Wildman–Crippen LogP) is 3.50. The largest absolute Gasteiger partial charge is 0.339 e. The fraction of sp³-hybridized carbons (Fsp3) is 0.471. The van der Waals surface area contributed by atoms with Crippen LogP contribution >= 0.6 is 0 Å². The molecule has 110 valence electrons. The lowest BCUT2D eigenvalue weighted by molar-refractivity contribution is -0.120. The van der Waals surface area contributed by atoms with Crippen molar-refractivity contribution in [1.29, 1.82) is 0 Å². The van der Waals surface area contributed by atoms with E-state index in [1.165, 1.54) is 16.7 Å². The summed E-state index contributed by atoms with van der Waals surface area (Å²) in [4.78, 5) is 15.8. The summed E-state index contributed by atoms with van der Waals surface area (Å²) in [5, 5.41) is 4.09. The Kier molecular flexibility index (Phi) is 3.86. The van der Waals surface area contributed by atoms with Gasteiger partial charge in [-0.2, -0.15) is 4.98 Å². The molecule has 1 aromatic carbocycles. The van der Waals surface area contributed by atoms with E-state index < -0.39 is 0 Å². The van der Waals surface area contributed by atoms with Crippen molar-refractivity contribution in [3.05, 3.63) is 46.6 Å². The molecule has 0 radical (unpaired) electrons. The highest BCUT2D eigenvalue weighted by molar-refractivity contribution is 5.79. The smallest absolute Gasteiger partial charge is 0.229 e. The molecule has 1 aromatic heterocycles. The number of aryl methyl sites for hydroxylation is 2. The first-order valence-electron chi connectivity index (χ1n) is 7.52. The van der Waals surface area contributed by atoms with E-state index >= 15 is 0 Å². The molecule has 1 aliphatic rings. The fourth-order valence-electron chi connectivity index (χ4n) is 2.79. The Morgan fingerprint density at radius 1 is 1.19 bits per heavy atom. The Bertz CT molecular complexity index is 651. The summed E-state index contributed by atoms with van der Waals surface area (Å²) in [6.45, 7) is 4.22. The monoisotopic (exact) mass is 284 g/mol. The van der Waals surface area contributed by atoms with E-state index in [0.717, 1.165) is 18.7 Å². The number of hydrogen-bond donors (Lipinski definition) is 0. The van der Waals surface area contributed by atoms with Crippen LogP contribution in [-0.2, 0) is 11.2 Å². The number of carbonyl (C=O) groups excluding carboxylic acids is 1. The molecule has 1 fully saturated rings. The van der Waals surface area contributed by atoms with Crippen LogP contribution in [0.2, 0.25) is 0 Å². The molecule has 4 heteroatoms. The van der Waals surface area contributed by atoms with Gasteiger partial charge in [0, 0.05) is 25.2 Å². The summed E-state index contributed by atoms with van der Waals surface area (Å²) >= 11 is 0. The molecular formula is C17H20N2O2. The molecule has 0 unspecified atom stereocenters. The summed E-state index contributed by atoms with van der Waals surface area (Å²) in [5.41, 5.74) is 3.77. The zero-order chi connectivity index (χ0) is 14.8. The van der Waals surface area contributed by atoms with Gasteiger partial charge >= 0.3 is 0 Å². The zero-order valence-electron chi connectivity index (χ0n) is 12.6. The summed E-state index contributed by atoms with van der Waals surface area (Å²) in [6.07, 6.45) is 3.64. The highest BCUT2D eigenvalue weighted by Gasteiger charge is 2.24. The van der Waals surface area contributed by atoms with Gasteiger partial charge in [0.1, 0.15) is 5.78 Å². The molecule has 0 bridgehead atoms. The lowest BCUT2D eigenvalue weighted by Gasteiger charge is -2.16. The second-order valence-electron chi connectivity index (χ2n) is 5.96. The number of carbonyl (C=O) groups is 1. The Balaban J connectivity index is 1.70. The van der Waals surface area contributed by atoms with Gasteiger partial charge in [0.15, 0.2) is 5.82 Å². The molecule has 0 saturated heterocycles. The van der Waals surface area contributed by atoms with Gasteiger partial charge in [-0.3, -0.25) is 4.79 Å². The van der Waals surface area contributed by atoms with Crippen LogP contribution in [0.25, 0.3) is 0 Å². The SMILES string of the molecule is Cc1ccc(Cc2noc(C3CCC(=O)CC3)n2)cc1C. The number of Topliss-reactive ketones (excluding diaryl/α,β-unsaturated/α-hetero) is 1. The minimum atomic E-state index is 0.253. The summed E-state index contributed by atoms with van der Waals surface area (Å²) in [5.74, 6) is 2.02. The van der Waals surface area contributed by atoms with Gasteiger partial charge in [-0.1, -0.05) is 23.4 Å². The highest BCUT2D eigenvalue weighted by atomic mass is 16.5. The number of hydrogen-bond acceptors (Lipinski definition) is 4. The van der Waals surface area contributed by atoms with E-state index in [-0.39, 0.29) is 5.92 Å². The molecule has 0 aliphatic heterocycles. The molecule has 1 aliphatic carbocycles. The maximum atomic E-state index is 11.3.